The molecule has 0 amide bonds. The van der Waals surface area contributed by atoms with E-state index in [0.717, 1.165) is 42.3 Å². The molecule has 2 atom stereocenters. The molecule has 3 aromatic rings. The third-order valence-electron chi connectivity index (χ3n) is 5.92. The summed E-state index contributed by atoms with van der Waals surface area (Å²) in [6, 6.07) is 25.4. The average molecular weight is 433 g/mol. The lowest BCUT2D eigenvalue weighted by atomic mass is 9.94. The van der Waals surface area contributed by atoms with Gasteiger partial charge in [0.05, 0.1) is 12.6 Å². The van der Waals surface area contributed by atoms with Crippen molar-refractivity contribution >= 4 is 11.6 Å². The van der Waals surface area contributed by atoms with Gasteiger partial charge in [-0.25, -0.2) is 0 Å². The molecular weight excluding hydrogens is 404 g/mol. The van der Waals surface area contributed by atoms with Crippen LogP contribution in [0.15, 0.2) is 85.1 Å². The number of likely N-dealkylation sites (N-methyl/N-ethyl adjacent to an activating group) is 1. The summed E-state index contributed by atoms with van der Waals surface area (Å²) < 4.78 is 5.72. The van der Waals surface area contributed by atoms with Gasteiger partial charge in [-0.05, 0) is 53.3 Å². The van der Waals surface area contributed by atoms with E-state index in [1.54, 1.807) is 0 Å². The number of rotatable bonds is 9. The predicted octanol–water partition coefficient (Wildman–Crippen LogP) is 6.01. The highest BCUT2D eigenvalue weighted by atomic mass is 35.5. The monoisotopic (exact) mass is 432 g/mol. The minimum atomic E-state index is 0.00548. The summed E-state index contributed by atoms with van der Waals surface area (Å²) >= 11 is 6.07. The topological polar surface area (TPSA) is 33.3 Å². The summed E-state index contributed by atoms with van der Waals surface area (Å²) in [7, 11) is 1.93. The molecule has 1 heterocycles. The number of halogens is 1. The van der Waals surface area contributed by atoms with Crippen LogP contribution in [-0.4, -0.2) is 13.7 Å². The molecule has 4 heteroatoms. The van der Waals surface area contributed by atoms with E-state index in [9.17, 15) is 0 Å². The van der Waals surface area contributed by atoms with Gasteiger partial charge in [0.1, 0.15) is 5.75 Å². The van der Waals surface area contributed by atoms with Crippen LogP contribution < -0.4 is 15.4 Å². The summed E-state index contributed by atoms with van der Waals surface area (Å²) in [6.45, 7) is 5.04. The van der Waals surface area contributed by atoms with Crippen molar-refractivity contribution in [1.29, 1.82) is 0 Å². The summed E-state index contributed by atoms with van der Waals surface area (Å²) in [4.78, 5) is 0. The number of nitrogens with one attached hydrogen (secondary N) is 2. The van der Waals surface area contributed by atoms with Gasteiger partial charge in [0.15, 0.2) is 0 Å². The lowest BCUT2D eigenvalue weighted by Crippen LogP contribution is -2.31. The highest BCUT2D eigenvalue weighted by Crippen LogP contribution is 2.32. The lowest BCUT2D eigenvalue weighted by molar-refractivity contribution is 0.356. The first kappa shape index (κ1) is 21.5. The standard InChI is InChI=1S/C27H29ClN2O/c1-19(29-2)27(21-6-4-3-5-7-21)30-25(14-10-20-8-12-24(28)13-9-20)22-11-15-26-23(18-22)16-17-31-26/h3-9,11-13,15,18,25,27,29-30H,1,10,14,16-17H2,2H3/t25-,27-/m0/s1. The van der Waals surface area contributed by atoms with Crippen LogP contribution in [0.5, 0.6) is 5.75 Å². The van der Waals surface area contributed by atoms with Crippen LogP contribution in [0, 0.1) is 0 Å². The van der Waals surface area contributed by atoms with E-state index >= 15 is 0 Å². The van der Waals surface area contributed by atoms with E-state index in [1.165, 1.54) is 22.3 Å². The van der Waals surface area contributed by atoms with Crippen molar-refractivity contribution in [3.05, 3.63) is 112 Å². The Hall–Kier alpha value is -2.75. The predicted molar refractivity (Wildman–Crippen MR) is 129 cm³/mol. The van der Waals surface area contributed by atoms with Crippen molar-refractivity contribution < 1.29 is 4.74 Å². The van der Waals surface area contributed by atoms with Crippen LogP contribution in [0.4, 0.5) is 0 Å². The zero-order chi connectivity index (χ0) is 21.6. The van der Waals surface area contributed by atoms with Crippen LogP contribution in [0.2, 0.25) is 5.02 Å². The molecule has 0 saturated heterocycles. The highest BCUT2D eigenvalue weighted by molar-refractivity contribution is 6.30. The van der Waals surface area contributed by atoms with Crippen molar-refractivity contribution in [2.45, 2.75) is 31.3 Å². The Kier molecular flexibility index (Phi) is 6.96. The molecule has 0 saturated carbocycles. The van der Waals surface area contributed by atoms with Crippen LogP contribution in [-0.2, 0) is 12.8 Å². The summed E-state index contributed by atoms with van der Waals surface area (Å²) in [6.07, 6.45) is 2.88. The molecule has 2 N–H and O–H groups in total. The zero-order valence-electron chi connectivity index (χ0n) is 17.9. The number of hydrogen-bond acceptors (Lipinski definition) is 3. The molecule has 0 radical (unpaired) electrons. The SMILES string of the molecule is C=C(NC)[C@H](N[C@@H](CCc1ccc(Cl)cc1)c1ccc2c(c1)CCO2)c1ccccc1. The summed E-state index contributed by atoms with van der Waals surface area (Å²) in [5.74, 6) is 1.01. The Labute approximate surface area is 190 Å². The van der Waals surface area contributed by atoms with E-state index < -0.39 is 0 Å². The molecule has 0 bridgehead atoms. The molecule has 160 valence electrons. The molecule has 1 aliphatic rings. The van der Waals surface area contributed by atoms with Gasteiger partial charge in [0.2, 0.25) is 0 Å². The second kappa shape index (κ2) is 10.0. The van der Waals surface area contributed by atoms with Gasteiger partial charge in [0, 0.05) is 30.2 Å². The van der Waals surface area contributed by atoms with E-state index in [-0.39, 0.29) is 12.1 Å². The van der Waals surface area contributed by atoms with E-state index in [0.29, 0.717) is 0 Å². The van der Waals surface area contributed by atoms with E-state index in [1.807, 2.05) is 25.2 Å². The van der Waals surface area contributed by atoms with Crippen LogP contribution in [0.1, 0.15) is 40.8 Å². The van der Waals surface area contributed by atoms with Gasteiger partial charge in [-0.15, -0.1) is 0 Å². The van der Waals surface area contributed by atoms with E-state index in [2.05, 4.69) is 71.8 Å². The Bertz CT molecular complexity index is 1020. The van der Waals surface area contributed by atoms with Gasteiger partial charge >= 0.3 is 0 Å². The zero-order valence-corrected chi connectivity index (χ0v) is 18.7. The maximum atomic E-state index is 6.07. The minimum absolute atomic E-state index is 0.00548. The van der Waals surface area contributed by atoms with Crippen molar-refractivity contribution in [1.82, 2.24) is 10.6 Å². The third-order valence-corrected chi connectivity index (χ3v) is 6.17. The lowest BCUT2D eigenvalue weighted by Gasteiger charge is -2.28. The first-order valence-electron chi connectivity index (χ1n) is 10.8. The summed E-state index contributed by atoms with van der Waals surface area (Å²) in [5.41, 5.74) is 6.00. The van der Waals surface area contributed by atoms with Gasteiger partial charge in [0.25, 0.3) is 0 Å². The maximum Gasteiger partial charge on any atom is 0.122 e. The first-order valence-corrected chi connectivity index (χ1v) is 11.2. The fourth-order valence-electron chi connectivity index (χ4n) is 4.12. The molecule has 3 nitrogen and oxygen atoms in total. The Morgan fingerprint density at radius 2 is 1.81 bits per heavy atom. The van der Waals surface area contributed by atoms with Gasteiger partial charge in [-0.1, -0.05) is 72.8 Å². The molecule has 0 aromatic heterocycles. The van der Waals surface area contributed by atoms with Crippen molar-refractivity contribution in [2.75, 3.05) is 13.7 Å². The molecule has 0 spiro atoms. The van der Waals surface area contributed by atoms with Gasteiger partial charge in [-0.3, -0.25) is 5.32 Å². The molecule has 0 aliphatic carbocycles. The van der Waals surface area contributed by atoms with Crippen molar-refractivity contribution in [3.63, 3.8) is 0 Å². The molecule has 1 aliphatic heterocycles. The van der Waals surface area contributed by atoms with Crippen molar-refractivity contribution in [3.8, 4) is 5.75 Å². The maximum absolute atomic E-state index is 6.07. The molecule has 31 heavy (non-hydrogen) atoms. The number of ether oxygens (including phenoxy) is 1. The number of hydrogen-bond donors (Lipinski definition) is 2. The summed E-state index contributed by atoms with van der Waals surface area (Å²) in [5, 5.41) is 7.90. The molecular formula is C27H29ClN2O. The number of aryl methyl sites for hydroxylation is 1. The second-order valence-electron chi connectivity index (χ2n) is 7.97. The minimum Gasteiger partial charge on any atom is -0.493 e. The van der Waals surface area contributed by atoms with Crippen LogP contribution in [0.3, 0.4) is 0 Å². The average Bonchev–Trinajstić information content (AvgIpc) is 3.28. The molecule has 3 aromatic carbocycles. The number of fused-ring (bicyclic) bond motifs is 1. The molecule has 0 unspecified atom stereocenters. The largest absolute Gasteiger partial charge is 0.493 e. The van der Waals surface area contributed by atoms with Crippen LogP contribution in [0.25, 0.3) is 0 Å². The van der Waals surface area contributed by atoms with E-state index in [4.69, 9.17) is 16.3 Å². The highest BCUT2D eigenvalue weighted by Gasteiger charge is 2.22. The molecule has 4 rings (SSSR count). The first-order chi connectivity index (χ1) is 15.1. The second-order valence-corrected chi connectivity index (χ2v) is 8.41. The Morgan fingerprint density at radius 1 is 1.03 bits per heavy atom. The van der Waals surface area contributed by atoms with Crippen LogP contribution >= 0.6 is 11.6 Å². The smallest absolute Gasteiger partial charge is 0.122 e. The quantitative estimate of drug-likeness (QED) is 0.434. The van der Waals surface area contributed by atoms with Gasteiger partial charge < -0.3 is 10.1 Å². The normalized spacial score (nSPS) is 14.4. The third kappa shape index (κ3) is 5.30. The Morgan fingerprint density at radius 3 is 2.55 bits per heavy atom. The van der Waals surface area contributed by atoms with Gasteiger partial charge in [-0.2, -0.15) is 0 Å². The van der Waals surface area contributed by atoms with Crippen molar-refractivity contribution in [2.24, 2.45) is 0 Å². The molecule has 0 fully saturated rings. The fraction of sp³-hybridized carbons (Fsp3) is 0.259. The fourth-order valence-corrected chi connectivity index (χ4v) is 4.25. The number of benzene rings is 3. The Balaban J connectivity index is 1.61.